The number of hydrogen-bond acceptors (Lipinski definition) is 3. The van der Waals surface area contributed by atoms with Crippen LogP contribution in [-0.2, 0) is 4.79 Å². The SMILES string of the molecule is CNC(=O)C1CNCCN1C(=O)O. The minimum absolute atomic E-state index is 0.269. The van der Waals surface area contributed by atoms with Crippen molar-refractivity contribution in [1.82, 2.24) is 15.5 Å². The number of piperazine rings is 1. The van der Waals surface area contributed by atoms with Crippen molar-refractivity contribution in [3.05, 3.63) is 0 Å². The number of amides is 2. The van der Waals surface area contributed by atoms with Gasteiger partial charge in [-0.05, 0) is 0 Å². The zero-order chi connectivity index (χ0) is 9.84. The van der Waals surface area contributed by atoms with Crippen LogP contribution in [0.25, 0.3) is 0 Å². The van der Waals surface area contributed by atoms with Gasteiger partial charge < -0.3 is 15.7 Å². The van der Waals surface area contributed by atoms with Crippen molar-refractivity contribution in [2.75, 3.05) is 26.7 Å². The molecule has 0 aromatic rings. The number of carbonyl (C=O) groups excluding carboxylic acids is 1. The first-order valence-corrected chi connectivity index (χ1v) is 4.08. The van der Waals surface area contributed by atoms with Gasteiger partial charge in [0.15, 0.2) is 0 Å². The van der Waals surface area contributed by atoms with Gasteiger partial charge in [-0.25, -0.2) is 4.79 Å². The molecule has 1 fully saturated rings. The minimum Gasteiger partial charge on any atom is -0.465 e. The maximum Gasteiger partial charge on any atom is 0.408 e. The zero-order valence-corrected chi connectivity index (χ0v) is 7.41. The molecule has 6 heteroatoms. The third-order valence-electron chi connectivity index (χ3n) is 2.04. The van der Waals surface area contributed by atoms with Crippen molar-refractivity contribution in [1.29, 1.82) is 0 Å². The number of carboxylic acid groups (broad SMARTS) is 1. The maximum absolute atomic E-state index is 11.2. The third kappa shape index (κ3) is 2.09. The summed E-state index contributed by atoms with van der Waals surface area (Å²) in [6.45, 7) is 1.33. The molecule has 0 spiro atoms. The van der Waals surface area contributed by atoms with Crippen LogP contribution in [0.3, 0.4) is 0 Å². The molecule has 13 heavy (non-hydrogen) atoms. The lowest BCUT2D eigenvalue weighted by atomic mass is 10.2. The monoisotopic (exact) mass is 187 g/mol. The second-order valence-electron chi connectivity index (χ2n) is 2.81. The summed E-state index contributed by atoms with van der Waals surface area (Å²) in [7, 11) is 1.50. The van der Waals surface area contributed by atoms with Gasteiger partial charge in [-0.3, -0.25) is 9.69 Å². The number of nitrogens with zero attached hydrogens (tertiary/aromatic N) is 1. The highest BCUT2D eigenvalue weighted by Crippen LogP contribution is 2.03. The van der Waals surface area contributed by atoms with E-state index in [2.05, 4.69) is 10.6 Å². The molecule has 0 aromatic heterocycles. The average molecular weight is 187 g/mol. The van der Waals surface area contributed by atoms with Crippen LogP contribution in [0.2, 0.25) is 0 Å². The molecule has 74 valence electrons. The smallest absolute Gasteiger partial charge is 0.408 e. The molecule has 1 aliphatic heterocycles. The molecule has 1 saturated heterocycles. The van der Waals surface area contributed by atoms with E-state index in [0.717, 1.165) is 4.90 Å². The number of hydrogen-bond donors (Lipinski definition) is 3. The summed E-state index contributed by atoms with van der Waals surface area (Å²) in [5.74, 6) is -0.269. The fraction of sp³-hybridized carbons (Fsp3) is 0.714. The van der Waals surface area contributed by atoms with Crippen LogP contribution in [0.15, 0.2) is 0 Å². The fourth-order valence-electron chi connectivity index (χ4n) is 1.33. The Kier molecular flexibility index (Phi) is 3.07. The summed E-state index contributed by atoms with van der Waals surface area (Å²) < 4.78 is 0. The maximum atomic E-state index is 11.2. The summed E-state index contributed by atoms with van der Waals surface area (Å²) in [6.07, 6.45) is -1.05. The Morgan fingerprint density at radius 2 is 2.31 bits per heavy atom. The van der Waals surface area contributed by atoms with Crippen LogP contribution in [0.5, 0.6) is 0 Å². The molecule has 2 amide bonds. The Hall–Kier alpha value is -1.30. The van der Waals surface area contributed by atoms with Crippen molar-refractivity contribution in [3.8, 4) is 0 Å². The van der Waals surface area contributed by atoms with Crippen molar-refractivity contribution in [2.45, 2.75) is 6.04 Å². The van der Waals surface area contributed by atoms with E-state index in [1.54, 1.807) is 0 Å². The zero-order valence-electron chi connectivity index (χ0n) is 7.41. The highest BCUT2D eigenvalue weighted by atomic mass is 16.4. The quantitative estimate of drug-likeness (QED) is 0.476. The van der Waals surface area contributed by atoms with Crippen molar-refractivity contribution in [3.63, 3.8) is 0 Å². The number of rotatable bonds is 1. The first-order valence-electron chi connectivity index (χ1n) is 4.08. The van der Waals surface area contributed by atoms with Crippen molar-refractivity contribution >= 4 is 12.0 Å². The van der Waals surface area contributed by atoms with E-state index in [9.17, 15) is 9.59 Å². The predicted molar refractivity (Wildman–Crippen MR) is 45.5 cm³/mol. The first kappa shape index (κ1) is 9.79. The lowest BCUT2D eigenvalue weighted by Gasteiger charge is -2.32. The third-order valence-corrected chi connectivity index (χ3v) is 2.04. The van der Waals surface area contributed by atoms with E-state index >= 15 is 0 Å². The lowest BCUT2D eigenvalue weighted by Crippen LogP contribution is -2.58. The van der Waals surface area contributed by atoms with E-state index in [-0.39, 0.29) is 5.91 Å². The molecule has 0 radical (unpaired) electrons. The molecule has 0 aromatic carbocycles. The number of carbonyl (C=O) groups is 2. The van der Waals surface area contributed by atoms with Crippen molar-refractivity contribution < 1.29 is 14.7 Å². The molecule has 0 aliphatic carbocycles. The van der Waals surface area contributed by atoms with E-state index < -0.39 is 12.1 Å². The van der Waals surface area contributed by atoms with E-state index in [4.69, 9.17) is 5.11 Å². The molecule has 1 unspecified atom stereocenters. The standard InChI is InChI=1S/C7H13N3O3/c1-8-6(11)5-4-9-2-3-10(5)7(12)13/h5,9H,2-4H2,1H3,(H,8,11)(H,12,13). The molecular formula is C7H13N3O3. The van der Waals surface area contributed by atoms with Gasteiger partial charge in [0.05, 0.1) is 0 Å². The molecule has 6 nitrogen and oxygen atoms in total. The molecule has 0 bridgehead atoms. The molecule has 0 saturated carbocycles. The van der Waals surface area contributed by atoms with Crippen LogP contribution >= 0.6 is 0 Å². The summed E-state index contributed by atoms with van der Waals surface area (Å²) in [5.41, 5.74) is 0. The predicted octanol–water partition coefficient (Wildman–Crippen LogP) is -1.32. The first-order chi connectivity index (χ1) is 6.16. The molecular weight excluding hydrogens is 174 g/mol. The van der Waals surface area contributed by atoms with Gasteiger partial charge in [-0.15, -0.1) is 0 Å². The minimum atomic E-state index is -1.05. The van der Waals surface area contributed by atoms with Gasteiger partial charge in [0.25, 0.3) is 0 Å². The van der Waals surface area contributed by atoms with Crippen LogP contribution < -0.4 is 10.6 Å². The van der Waals surface area contributed by atoms with Crippen LogP contribution in [0.4, 0.5) is 4.79 Å². The molecule has 1 atom stereocenters. The Morgan fingerprint density at radius 1 is 1.62 bits per heavy atom. The average Bonchev–Trinajstić information content (AvgIpc) is 2.16. The second-order valence-corrected chi connectivity index (χ2v) is 2.81. The summed E-state index contributed by atoms with van der Waals surface area (Å²) in [4.78, 5) is 23.1. The molecule has 3 N–H and O–H groups in total. The fourth-order valence-corrected chi connectivity index (χ4v) is 1.33. The van der Waals surface area contributed by atoms with Gasteiger partial charge in [0.1, 0.15) is 6.04 Å². The number of likely N-dealkylation sites (N-methyl/N-ethyl adjacent to an activating group) is 1. The van der Waals surface area contributed by atoms with E-state index in [0.29, 0.717) is 19.6 Å². The van der Waals surface area contributed by atoms with Gasteiger partial charge in [0.2, 0.25) is 5.91 Å². The normalized spacial score (nSPS) is 22.5. The van der Waals surface area contributed by atoms with Crippen LogP contribution in [0.1, 0.15) is 0 Å². The number of nitrogens with one attached hydrogen (secondary N) is 2. The van der Waals surface area contributed by atoms with E-state index in [1.165, 1.54) is 7.05 Å². The van der Waals surface area contributed by atoms with Crippen LogP contribution in [0, 0.1) is 0 Å². The van der Waals surface area contributed by atoms with E-state index in [1.807, 2.05) is 0 Å². The largest absolute Gasteiger partial charge is 0.465 e. The highest BCUT2D eigenvalue weighted by Gasteiger charge is 2.30. The van der Waals surface area contributed by atoms with Gasteiger partial charge >= 0.3 is 6.09 Å². The highest BCUT2D eigenvalue weighted by molar-refractivity contribution is 5.85. The molecule has 1 heterocycles. The Labute approximate surface area is 75.9 Å². The molecule has 1 aliphatic rings. The van der Waals surface area contributed by atoms with Crippen LogP contribution in [-0.4, -0.2) is 54.7 Å². The Bertz CT molecular complexity index is 219. The van der Waals surface area contributed by atoms with Crippen molar-refractivity contribution in [2.24, 2.45) is 0 Å². The summed E-state index contributed by atoms with van der Waals surface area (Å²) in [6, 6.07) is -0.601. The summed E-state index contributed by atoms with van der Waals surface area (Å²) >= 11 is 0. The van der Waals surface area contributed by atoms with Gasteiger partial charge in [0, 0.05) is 26.7 Å². The molecule has 1 rings (SSSR count). The van der Waals surface area contributed by atoms with Gasteiger partial charge in [-0.2, -0.15) is 0 Å². The Morgan fingerprint density at radius 3 is 2.85 bits per heavy atom. The topological polar surface area (TPSA) is 81.7 Å². The summed E-state index contributed by atoms with van der Waals surface area (Å²) in [5, 5.41) is 14.2. The second kappa shape index (κ2) is 4.08. The lowest BCUT2D eigenvalue weighted by molar-refractivity contribution is -0.125. The Balaban J connectivity index is 2.67. The van der Waals surface area contributed by atoms with Gasteiger partial charge in [-0.1, -0.05) is 0 Å².